The summed E-state index contributed by atoms with van der Waals surface area (Å²) in [6, 6.07) is 14.1. The quantitative estimate of drug-likeness (QED) is 0.363. The number of thioether (sulfide) groups is 2. The van der Waals surface area contributed by atoms with E-state index in [1.54, 1.807) is 54.7 Å². The molecule has 156 valence electrons. The Morgan fingerprint density at radius 1 is 0.900 bits per heavy atom. The first-order valence-electron chi connectivity index (χ1n) is 8.65. The van der Waals surface area contributed by atoms with Gasteiger partial charge in [0.2, 0.25) is 18.0 Å². The van der Waals surface area contributed by atoms with Crippen LogP contribution in [0.25, 0.3) is 0 Å². The van der Waals surface area contributed by atoms with E-state index in [1.165, 1.54) is 14.2 Å². The number of hydrogen-bond acceptors (Lipinski definition) is 8. The van der Waals surface area contributed by atoms with Gasteiger partial charge in [-0.2, -0.15) is 10.3 Å². The minimum atomic E-state index is -0.283. The zero-order valence-electron chi connectivity index (χ0n) is 16.4. The molecule has 0 aliphatic carbocycles. The molecule has 0 saturated heterocycles. The first-order chi connectivity index (χ1) is 14.6. The van der Waals surface area contributed by atoms with Crippen LogP contribution in [0.2, 0.25) is 0 Å². The molecule has 10 heteroatoms. The summed E-state index contributed by atoms with van der Waals surface area (Å²) in [4.78, 5) is 28.1. The second kappa shape index (κ2) is 12.4. The van der Waals surface area contributed by atoms with Gasteiger partial charge < -0.3 is 20.1 Å². The lowest BCUT2D eigenvalue weighted by Crippen LogP contribution is -2.17. The average Bonchev–Trinajstić information content (AvgIpc) is 2.76. The lowest BCUT2D eigenvalue weighted by atomic mass is 10.3. The molecule has 2 aromatic rings. The number of nitrogens with zero attached hydrogens (tertiary/aromatic N) is 2. The number of ether oxygens (including phenoxy) is 2. The van der Waals surface area contributed by atoms with Crippen molar-refractivity contribution in [2.45, 2.75) is 0 Å². The van der Waals surface area contributed by atoms with Gasteiger partial charge in [0, 0.05) is 0 Å². The maximum atomic E-state index is 12.2. The van der Waals surface area contributed by atoms with Gasteiger partial charge in [0.25, 0.3) is 0 Å². The summed E-state index contributed by atoms with van der Waals surface area (Å²) in [7, 11) is 3.04. The number of rotatable bonds is 8. The van der Waals surface area contributed by atoms with Gasteiger partial charge in [-0.15, -0.1) is 0 Å². The van der Waals surface area contributed by atoms with Crippen molar-refractivity contribution in [3.8, 4) is 17.7 Å². The number of nitrogens with one attached hydrogen (secondary N) is 2. The third-order valence-corrected chi connectivity index (χ3v) is 5.75. The molecule has 0 spiro atoms. The number of anilines is 2. The molecule has 30 heavy (non-hydrogen) atoms. The van der Waals surface area contributed by atoms with E-state index < -0.39 is 0 Å². The Kier molecular flexibility index (Phi) is 9.57. The van der Waals surface area contributed by atoms with E-state index in [0.29, 0.717) is 27.2 Å². The lowest BCUT2D eigenvalue weighted by molar-refractivity contribution is -0.114. The number of hydrogen-bond donors (Lipinski definition) is 2. The van der Waals surface area contributed by atoms with Crippen molar-refractivity contribution in [1.82, 2.24) is 0 Å². The minimum Gasteiger partial charge on any atom is -0.495 e. The van der Waals surface area contributed by atoms with Gasteiger partial charge in [0.1, 0.15) is 15.9 Å². The maximum absolute atomic E-state index is 12.2. The van der Waals surface area contributed by atoms with E-state index in [9.17, 15) is 9.59 Å². The van der Waals surface area contributed by atoms with E-state index >= 15 is 0 Å². The molecule has 0 heterocycles. The number of benzene rings is 2. The highest BCUT2D eigenvalue weighted by Crippen LogP contribution is 2.25. The van der Waals surface area contributed by atoms with Crippen LogP contribution in [0, 0.1) is 11.5 Å². The second-order valence-corrected chi connectivity index (χ2v) is 7.74. The molecule has 2 N–H and O–H groups in total. The zero-order valence-corrected chi connectivity index (χ0v) is 18.0. The van der Waals surface area contributed by atoms with Crippen molar-refractivity contribution in [2.75, 3.05) is 36.4 Å². The molecule has 0 aliphatic rings. The van der Waals surface area contributed by atoms with E-state index in [4.69, 9.17) is 14.7 Å². The van der Waals surface area contributed by atoms with Crippen molar-refractivity contribution < 1.29 is 19.1 Å². The summed E-state index contributed by atoms with van der Waals surface area (Å²) in [5.74, 6) is 0.580. The lowest BCUT2D eigenvalue weighted by Gasteiger charge is -2.10. The number of amides is 2. The normalized spacial score (nSPS) is 9.77. The summed E-state index contributed by atoms with van der Waals surface area (Å²) < 4.78 is 10.7. The molecular formula is C20H20N4O4S2. The monoisotopic (exact) mass is 444 g/mol. The van der Waals surface area contributed by atoms with Crippen molar-refractivity contribution >= 4 is 51.1 Å². The predicted octanol–water partition coefficient (Wildman–Crippen LogP) is 3.58. The predicted molar refractivity (Wildman–Crippen MR) is 121 cm³/mol. The first kappa shape index (κ1) is 23.1. The number of para-hydroxylation sites is 4. The van der Waals surface area contributed by atoms with Crippen molar-refractivity contribution in [2.24, 2.45) is 4.99 Å². The third kappa shape index (κ3) is 7.35. The number of carbonyl (C=O) groups excluding carboxylic acids is 2. The van der Waals surface area contributed by atoms with Crippen LogP contribution in [-0.4, -0.2) is 41.9 Å². The number of methoxy groups -OCH3 is 2. The fourth-order valence-electron chi connectivity index (χ4n) is 2.27. The van der Waals surface area contributed by atoms with Crippen molar-refractivity contribution in [1.29, 1.82) is 5.26 Å². The molecule has 0 saturated carbocycles. The van der Waals surface area contributed by atoms with Crippen LogP contribution < -0.4 is 20.1 Å². The number of aliphatic imine (C=N–C) groups is 1. The topological polar surface area (TPSA) is 113 Å². The highest BCUT2D eigenvalue weighted by Gasteiger charge is 2.13. The standard InChI is InChI=1S/C20H20N4O4S2/c1-27-16-9-5-3-7-14(16)23-18(25)11-29-20(22-13-21)30-12-19(26)24-15-8-4-6-10-17(15)28-2/h3-10H,11-12H2,1-2H3,(H,23,25)(H,24,26). The molecular weight excluding hydrogens is 424 g/mol. The van der Waals surface area contributed by atoms with E-state index in [-0.39, 0.29) is 23.3 Å². The summed E-state index contributed by atoms with van der Waals surface area (Å²) in [6.07, 6.45) is 1.69. The van der Waals surface area contributed by atoms with Gasteiger partial charge in [-0.05, 0) is 24.3 Å². The molecule has 0 radical (unpaired) electrons. The summed E-state index contributed by atoms with van der Waals surface area (Å²) in [6.45, 7) is 0. The zero-order chi connectivity index (χ0) is 21.8. The molecule has 0 fully saturated rings. The Hall–Kier alpha value is -3.16. The molecule has 0 unspecified atom stereocenters. The van der Waals surface area contributed by atoms with Crippen LogP contribution in [0.1, 0.15) is 0 Å². The van der Waals surface area contributed by atoms with E-state index in [0.717, 1.165) is 23.5 Å². The number of nitriles is 1. The van der Waals surface area contributed by atoms with Gasteiger partial charge in [0.05, 0.1) is 37.1 Å². The van der Waals surface area contributed by atoms with E-state index in [2.05, 4.69) is 15.6 Å². The van der Waals surface area contributed by atoms with Gasteiger partial charge in [0.15, 0.2) is 0 Å². The molecule has 2 amide bonds. The highest BCUT2D eigenvalue weighted by molar-refractivity contribution is 8.39. The van der Waals surface area contributed by atoms with Crippen LogP contribution in [-0.2, 0) is 9.59 Å². The molecule has 0 aliphatic heterocycles. The van der Waals surface area contributed by atoms with Gasteiger partial charge in [-0.3, -0.25) is 9.59 Å². The highest BCUT2D eigenvalue weighted by atomic mass is 32.2. The summed E-state index contributed by atoms with van der Waals surface area (Å²) in [5.41, 5.74) is 1.10. The maximum Gasteiger partial charge on any atom is 0.234 e. The Labute approximate surface area is 183 Å². The fourth-order valence-corrected chi connectivity index (χ4v) is 3.82. The molecule has 0 atom stereocenters. The first-order valence-corrected chi connectivity index (χ1v) is 10.6. The molecule has 2 rings (SSSR count). The van der Waals surface area contributed by atoms with Crippen LogP contribution in [0.4, 0.5) is 11.4 Å². The molecule has 2 aromatic carbocycles. The molecule has 8 nitrogen and oxygen atoms in total. The van der Waals surface area contributed by atoms with Gasteiger partial charge >= 0.3 is 0 Å². The average molecular weight is 445 g/mol. The van der Waals surface area contributed by atoms with E-state index in [1.807, 2.05) is 0 Å². The fraction of sp³-hybridized carbons (Fsp3) is 0.200. The van der Waals surface area contributed by atoms with Gasteiger partial charge in [-0.1, -0.05) is 47.8 Å². The third-order valence-electron chi connectivity index (χ3n) is 3.56. The van der Waals surface area contributed by atoms with Crippen LogP contribution >= 0.6 is 23.5 Å². The molecule has 0 bridgehead atoms. The Morgan fingerprint density at radius 3 is 1.73 bits per heavy atom. The van der Waals surface area contributed by atoms with Crippen LogP contribution in [0.15, 0.2) is 53.5 Å². The SMILES string of the molecule is COc1ccccc1NC(=O)CSC(=NC#N)SCC(=O)Nc1ccccc1OC. The van der Waals surface area contributed by atoms with Crippen molar-refractivity contribution in [3.05, 3.63) is 48.5 Å². The van der Waals surface area contributed by atoms with Gasteiger partial charge in [-0.25, -0.2) is 0 Å². The Bertz CT molecular complexity index is 892. The van der Waals surface area contributed by atoms with Crippen LogP contribution in [0.5, 0.6) is 11.5 Å². The summed E-state index contributed by atoms with van der Waals surface area (Å²) in [5, 5.41) is 14.4. The smallest absolute Gasteiger partial charge is 0.234 e. The summed E-state index contributed by atoms with van der Waals surface area (Å²) >= 11 is 2.15. The Balaban J connectivity index is 1.86. The van der Waals surface area contributed by atoms with Crippen molar-refractivity contribution in [3.63, 3.8) is 0 Å². The second-order valence-electron chi connectivity index (χ2n) is 5.55. The van der Waals surface area contributed by atoms with Crippen LogP contribution in [0.3, 0.4) is 0 Å². The number of carbonyl (C=O) groups is 2. The molecule has 0 aromatic heterocycles. The Morgan fingerprint density at radius 2 is 1.33 bits per heavy atom. The largest absolute Gasteiger partial charge is 0.495 e. The minimum absolute atomic E-state index is 0.0275.